The quantitative estimate of drug-likeness (QED) is 0.237. The number of benzene rings is 3. The van der Waals surface area contributed by atoms with Crippen LogP contribution in [0.5, 0.6) is 0 Å². The molecule has 0 aliphatic rings. The summed E-state index contributed by atoms with van der Waals surface area (Å²) in [4.78, 5) is 26.2. The topological polar surface area (TPSA) is 51.2 Å². The lowest BCUT2D eigenvalue weighted by molar-refractivity contribution is 0.103. The molecule has 3 aromatic carbocycles. The second-order valence-corrected chi connectivity index (χ2v) is 9.10. The average Bonchev–Trinajstić information content (AvgIpc) is 2.70. The largest absolute Gasteiger partial charge is 0.288 e. The first-order chi connectivity index (χ1) is 13.7. The van der Waals surface area contributed by atoms with E-state index in [4.69, 9.17) is 34.8 Å². The predicted octanol–water partition coefficient (Wildman–Crippen LogP) is 6.79. The number of carbonyl (C=O) groups excluding carboxylic acids is 2. The summed E-state index contributed by atoms with van der Waals surface area (Å²) < 4.78 is 13.2. The molecular formula is C22H15Cl3O3P. The van der Waals surface area contributed by atoms with Crippen LogP contribution < -0.4 is 5.30 Å². The van der Waals surface area contributed by atoms with Gasteiger partial charge in [0.05, 0.1) is 25.9 Å². The number of carbonyl (C=O) groups is 2. The summed E-state index contributed by atoms with van der Waals surface area (Å²) in [5.41, 5.74) is 1.43. The maximum atomic E-state index is 13.2. The zero-order valence-electron chi connectivity index (χ0n) is 15.5. The van der Waals surface area contributed by atoms with Crippen LogP contribution >= 0.6 is 42.6 Å². The third-order valence-corrected chi connectivity index (χ3v) is 7.06. The Morgan fingerprint density at radius 1 is 0.759 bits per heavy atom. The van der Waals surface area contributed by atoms with Crippen molar-refractivity contribution in [2.75, 3.05) is 0 Å². The molecule has 0 saturated heterocycles. The van der Waals surface area contributed by atoms with Crippen LogP contribution in [0.25, 0.3) is 0 Å². The van der Waals surface area contributed by atoms with Gasteiger partial charge < -0.3 is 0 Å². The minimum absolute atomic E-state index is 0.00951. The van der Waals surface area contributed by atoms with Crippen LogP contribution in [0.3, 0.4) is 0 Å². The Bertz CT molecular complexity index is 1150. The van der Waals surface area contributed by atoms with Gasteiger partial charge in [0, 0.05) is 11.1 Å². The third kappa shape index (κ3) is 4.15. The van der Waals surface area contributed by atoms with Crippen LogP contribution in [0.1, 0.15) is 37.4 Å². The fraction of sp³-hybridized carbons (Fsp3) is 0.0909. The van der Waals surface area contributed by atoms with E-state index in [2.05, 4.69) is 0 Å². The Hall–Kier alpha value is -2.03. The second kappa shape index (κ2) is 8.77. The summed E-state index contributed by atoms with van der Waals surface area (Å²) in [7, 11) is -2.54. The van der Waals surface area contributed by atoms with E-state index < -0.39 is 19.1 Å². The second-order valence-electron chi connectivity index (χ2n) is 6.43. The Balaban J connectivity index is 2.11. The molecular weight excluding hydrogens is 450 g/mol. The van der Waals surface area contributed by atoms with Crippen molar-refractivity contribution < 1.29 is 14.2 Å². The van der Waals surface area contributed by atoms with E-state index in [1.807, 2.05) is 6.07 Å². The fourth-order valence-corrected chi connectivity index (χ4v) is 5.17. The van der Waals surface area contributed by atoms with Crippen molar-refractivity contribution in [3.05, 3.63) is 97.5 Å². The molecule has 0 aliphatic heterocycles. The summed E-state index contributed by atoms with van der Waals surface area (Å²) in [5.74, 6) is -0.546. The molecule has 0 heterocycles. The molecule has 1 radical (unpaired) electrons. The molecule has 1 atom stereocenters. The molecule has 3 rings (SSSR count). The van der Waals surface area contributed by atoms with Gasteiger partial charge in [-0.1, -0.05) is 65.1 Å². The van der Waals surface area contributed by atoms with Crippen LogP contribution in [0.2, 0.25) is 15.1 Å². The van der Waals surface area contributed by atoms with E-state index in [0.717, 1.165) is 11.1 Å². The van der Waals surface area contributed by atoms with Gasteiger partial charge in [-0.05, 0) is 49.2 Å². The van der Waals surface area contributed by atoms with Gasteiger partial charge >= 0.3 is 0 Å². The van der Waals surface area contributed by atoms with Crippen LogP contribution in [0.4, 0.5) is 0 Å². The summed E-state index contributed by atoms with van der Waals surface area (Å²) in [6, 6.07) is 14.6. The molecule has 29 heavy (non-hydrogen) atoms. The van der Waals surface area contributed by atoms with Crippen molar-refractivity contribution in [1.29, 1.82) is 0 Å². The Morgan fingerprint density at radius 3 is 2.00 bits per heavy atom. The normalized spacial score (nSPS) is 11.3. The van der Waals surface area contributed by atoms with Crippen LogP contribution in [-0.2, 0) is 4.57 Å². The monoisotopic (exact) mass is 463 g/mol. The molecule has 0 fully saturated rings. The maximum absolute atomic E-state index is 13.2. The van der Waals surface area contributed by atoms with E-state index in [0.29, 0.717) is 5.56 Å². The minimum atomic E-state index is -2.54. The molecule has 0 aliphatic carbocycles. The van der Waals surface area contributed by atoms with Gasteiger partial charge in [0.25, 0.3) is 0 Å². The molecule has 0 bridgehead atoms. The molecule has 147 valence electrons. The molecule has 7 heteroatoms. The predicted molar refractivity (Wildman–Crippen MR) is 119 cm³/mol. The van der Waals surface area contributed by atoms with Crippen molar-refractivity contribution in [3.8, 4) is 0 Å². The highest BCUT2D eigenvalue weighted by Gasteiger charge is 2.27. The highest BCUT2D eigenvalue weighted by Crippen LogP contribution is 2.35. The van der Waals surface area contributed by atoms with Gasteiger partial charge in [0.15, 0.2) is 13.6 Å². The van der Waals surface area contributed by atoms with Crippen molar-refractivity contribution in [3.63, 3.8) is 0 Å². The SMILES string of the molecule is Cc1cccc(C)c1C(=O)[P](=O)c1ccccc1C(=O)c1c(Cl)ccc(Cl)c1Cl. The van der Waals surface area contributed by atoms with Gasteiger partial charge in [-0.3, -0.25) is 14.2 Å². The maximum Gasteiger partial charge on any atom is 0.247 e. The smallest absolute Gasteiger partial charge is 0.247 e. The van der Waals surface area contributed by atoms with E-state index in [1.54, 1.807) is 38.1 Å². The molecule has 3 nitrogen and oxygen atoms in total. The zero-order valence-corrected chi connectivity index (χ0v) is 18.7. The lowest BCUT2D eigenvalue weighted by atomic mass is 10.0. The minimum Gasteiger partial charge on any atom is -0.288 e. The molecule has 0 spiro atoms. The number of halogens is 3. The highest BCUT2D eigenvalue weighted by atomic mass is 35.5. The van der Waals surface area contributed by atoms with Crippen molar-refractivity contribution in [1.82, 2.24) is 0 Å². The number of aryl methyl sites for hydroxylation is 2. The Morgan fingerprint density at radius 2 is 1.34 bits per heavy atom. The standard InChI is InChI=1S/C22H15Cl3O3P/c1-12-6-5-7-13(2)18(12)22(27)29(28)17-9-4-3-8-14(17)21(26)19-15(23)10-11-16(24)20(19)25/h3-11H,1-2H3. The Labute approximate surface area is 184 Å². The van der Waals surface area contributed by atoms with E-state index in [1.165, 1.54) is 24.3 Å². The molecule has 3 aromatic rings. The molecule has 0 aromatic heterocycles. The third-order valence-electron chi connectivity index (χ3n) is 4.52. The lowest BCUT2D eigenvalue weighted by Gasteiger charge is -2.12. The first-order valence-corrected chi connectivity index (χ1v) is 11.0. The summed E-state index contributed by atoms with van der Waals surface area (Å²) in [6.45, 7) is 3.57. The fourth-order valence-electron chi connectivity index (χ4n) is 3.08. The van der Waals surface area contributed by atoms with Crippen molar-refractivity contribution in [2.24, 2.45) is 0 Å². The first-order valence-electron chi connectivity index (χ1n) is 8.59. The number of hydrogen-bond donors (Lipinski definition) is 0. The average molecular weight is 465 g/mol. The number of rotatable bonds is 5. The van der Waals surface area contributed by atoms with E-state index in [-0.39, 0.29) is 31.5 Å². The van der Waals surface area contributed by atoms with Crippen molar-refractivity contribution in [2.45, 2.75) is 13.8 Å². The molecule has 0 N–H and O–H groups in total. The molecule has 0 amide bonds. The van der Waals surface area contributed by atoms with Gasteiger partial charge in [-0.25, -0.2) is 0 Å². The molecule has 1 unspecified atom stereocenters. The van der Waals surface area contributed by atoms with Gasteiger partial charge in [0.1, 0.15) is 0 Å². The van der Waals surface area contributed by atoms with Gasteiger partial charge in [-0.2, -0.15) is 0 Å². The van der Waals surface area contributed by atoms with Crippen LogP contribution in [-0.4, -0.2) is 11.3 Å². The number of ketones is 1. The Kier molecular flexibility index (Phi) is 6.55. The van der Waals surface area contributed by atoms with Gasteiger partial charge in [0.2, 0.25) is 5.52 Å². The first kappa shape index (κ1) is 21.7. The highest BCUT2D eigenvalue weighted by molar-refractivity contribution is 7.71. The lowest BCUT2D eigenvalue weighted by Crippen LogP contribution is -2.17. The number of hydrogen-bond acceptors (Lipinski definition) is 3. The van der Waals surface area contributed by atoms with Crippen LogP contribution in [0, 0.1) is 13.8 Å². The van der Waals surface area contributed by atoms with Crippen molar-refractivity contribution >= 4 is 59.2 Å². The summed E-state index contributed by atoms with van der Waals surface area (Å²) in [5, 5.41) is 0.436. The van der Waals surface area contributed by atoms with Gasteiger partial charge in [-0.15, -0.1) is 0 Å². The van der Waals surface area contributed by atoms with E-state index in [9.17, 15) is 14.2 Å². The molecule has 0 saturated carbocycles. The van der Waals surface area contributed by atoms with E-state index >= 15 is 0 Å². The summed E-state index contributed by atoms with van der Waals surface area (Å²) >= 11 is 18.4. The summed E-state index contributed by atoms with van der Waals surface area (Å²) in [6.07, 6.45) is 0. The zero-order chi connectivity index (χ0) is 21.3. The van der Waals surface area contributed by atoms with Crippen LogP contribution in [0.15, 0.2) is 54.6 Å².